The summed E-state index contributed by atoms with van der Waals surface area (Å²) in [6.45, 7) is 6.53. The quantitative estimate of drug-likeness (QED) is 0.373. The van der Waals surface area contributed by atoms with Gasteiger partial charge >= 0.3 is 12.1 Å². The number of alkyl carbamates (subject to hydrolysis) is 1. The highest BCUT2D eigenvalue weighted by Crippen LogP contribution is 1.81. The van der Waals surface area contributed by atoms with Gasteiger partial charge in [-0.15, -0.1) is 0 Å². The first kappa shape index (κ1) is 14.4. The maximum atomic E-state index is 11.0. The van der Waals surface area contributed by atoms with E-state index >= 15 is 0 Å². The predicted molar refractivity (Wildman–Crippen MR) is 57.0 cm³/mol. The number of ether oxygens (including phenoxy) is 3. The molecule has 1 N–H and O–H groups in total. The number of carbonyl (C=O) groups is 2. The van der Waals surface area contributed by atoms with Crippen LogP contribution in [-0.4, -0.2) is 45.0 Å². The smallest absolute Gasteiger partial charge is 0.407 e. The number of hydrogen-bond acceptors (Lipinski definition) is 5. The molecule has 16 heavy (non-hydrogen) atoms. The van der Waals surface area contributed by atoms with Crippen molar-refractivity contribution in [1.82, 2.24) is 5.32 Å². The fourth-order valence-corrected chi connectivity index (χ4v) is 0.752. The van der Waals surface area contributed by atoms with Gasteiger partial charge in [-0.1, -0.05) is 6.58 Å². The van der Waals surface area contributed by atoms with Crippen LogP contribution in [-0.2, 0) is 19.0 Å². The van der Waals surface area contributed by atoms with Gasteiger partial charge in [-0.2, -0.15) is 0 Å². The van der Waals surface area contributed by atoms with Gasteiger partial charge in [0, 0.05) is 12.7 Å². The van der Waals surface area contributed by atoms with Crippen molar-refractivity contribution in [1.29, 1.82) is 0 Å². The molecule has 0 aromatic heterocycles. The van der Waals surface area contributed by atoms with E-state index in [1.807, 2.05) is 6.92 Å². The van der Waals surface area contributed by atoms with Gasteiger partial charge in [0.15, 0.2) is 0 Å². The maximum absolute atomic E-state index is 11.0. The molecule has 0 bridgehead atoms. The molecule has 6 heteroatoms. The Labute approximate surface area is 94.5 Å². The van der Waals surface area contributed by atoms with Crippen molar-refractivity contribution in [2.75, 3.05) is 33.0 Å². The number of nitrogens with one attached hydrogen (secondary N) is 1. The lowest BCUT2D eigenvalue weighted by Gasteiger charge is -2.06. The zero-order valence-electron chi connectivity index (χ0n) is 9.36. The first-order valence-corrected chi connectivity index (χ1v) is 4.98. The van der Waals surface area contributed by atoms with Crippen LogP contribution >= 0.6 is 0 Å². The Hall–Kier alpha value is -1.56. The fourth-order valence-electron chi connectivity index (χ4n) is 0.752. The summed E-state index contributed by atoms with van der Waals surface area (Å²) in [6.07, 6.45) is 0.495. The molecular weight excluding hydrogens is 214 g/mol. The van der Waals surface area contributed by atoms with E-state index in [9.17, 15) is 9.59 Å². The van der Waals surface area contributed by atoms with Crippen molar-refractivity contribution in [3.63, 3.8) is 0 Å². The number of hydrogen-bond donors (Lipinski definition) is 1. The highest BCUT2D eigenvalue weighted by molar-refractivity contribution is 5.81. The second kappa shape index (κ2) is 9.97. The lowest BCUT2D eigenvalue weighted by Crippen LogP contribution is -2.29. The summed E-state index contributed by atoms with van der Waals surface area (Å²) in [5, 5.41) is 2.41. The normalized spacial score (nSPS) is 9.31. The third kappa shape index (κ3) is 9.01. The summed E-state index contributed by atoms with van der Waals surface area (Å²) in [5.41, 5.74) is 0. The van der Waals surface area contributed by atoms with Crippen molar-refractivity contribution >= 4 is 12.1 Å². The highest BCUT2D eigenvalue weighted by Gasteiger charge is 2.01. The van der Waals surface area contributed by atoms with Crippen molar-refractivity contribution in [2.45, 2.75) is 6.92 Å². The Bertz CT molecular complexity index is 229. The Balaban J connectivity index is 3.30. The van der Waals surface area contributed by atoms with Gasteiger partial charge in [0.05, 0.1) is 13.2 Å². The Morgan fingerprint density at radius 2 is 2.00 bits per heavy atom. The number of esters is 1. The summed E-state index contributed by atoms with van der Waals surface area (Å²) in [5.74, 6) is -0.522. The van der Waals surface area contributed by atoms with E-state index < -0.39 is 12.1 Å². The van der Waals surface area contributed by atoms with Crippen molar-refractivity contribution in [3.8, 4) is 0 Å². The molecule has 0 heterocycles. The minimum absolute atomic E-state index is 0.0887. The molecule has 92 valence electrons. The number of amides is 1. The average molecular weight is 231 g/mol. The van der Waals surface area contributed by atoms with Crippen LogP contribution in [0.15, 0.2) is 12.7 Å². The molecule has 0 radical (unpaired) electrons. The van der Waals surface area contributed by atoms with E-state index in [4.69, 9.17) is 9.47 Å². The molecule has 0 saturated carbocycles. The molecule has 0 spiro atoms. The molecule has 0 aromatic rings. The van der Waals surface area contributed by atoms with Crippen molar-refractivity contribution < 1.29 is 23.8 Å². The van der Waals surface area contributed by atoms with Gasteiger partial charge in [-0.25, -0.2) is 9.59 Å². The molecule has 0 aromatic carbocycles. The maximum Gasteiger partial charge on any atom is 0.407 e. The number of rotatable bonds is 8. The summed E-state index contributed by atoms with van der Waals surface area (Å²) in [4.78, 5) is 21.6. The second-order valence-electron chi connectivity index (χ2n) is 2.63. The molecule has 0 aliphatic carbocycles. The lowest BCUT2D eigenvalue weighted by molar-refractivity contribution is -0.137. The van der Waals surface area contributed by atoms with Crippen LogP contribution in [0.2, 0.25) is 0 Å². The summed E-state index contributed by atoms with van der Waals surface area (Å²) in [7, 11) is 0. The van der Waals surface area contributed by atoms with E-state index in [2.05, 4.69) is 16.6 Å². The number of carbonyl (C=O) groups excluding carboxylic acids is 2. The monoisotopic (exact) mass is 231 g/mol. The Morgan fingerprint density at radius 1 is 1.25 bits per heavy atom. The molecular formula is C10H17NO5. The van der Waals surface area contributed by atoms with Crippen LogP contribution in [0.25, 0.3) is 0 Å². The van der Waals surface area contributed by atoms with Crippen LogP contribution in [0, 0.1) is 0 Å². The summed E-state index contributed by atoms with van der Waals surface area (Å²) < 4.78 is 14.3. The highest BCUT2D eigenvalue weighted by atomic mass is 16.6. The van der Waals surface area contributed by atoms with Crippen LogP contribution in [0.5, 0.6) is 0 Å². The van der Waals surface area contributed by atoms with E-state index in [1.165, 1.54) is 0 Å². The van der Waals surface area contributed by atoms with Gasteiger partial charge in [0.25, 0.3) is 0 Å². The minimum atomic E-state index is -0.561. The zero-order valence-corrected chi connectivity index (χ0v) is 9.36. The fraction of sp³-hybridized carbons (Fsp3) is 0.600. The van der Waals surface area contributed by atoms with Crippen molar-refractivity contribution in [2.24, 2.45) is 0 Å². The van der Waals surface area contributed by atoms with Gasteiger partial charge in [0.2, 0.25) is 0 Å². The lowest BCUT2D eigenvalue weighted by atomic mass is 10.6. The van der Waals surface area contributed by atoms with Crippen LogP contribution in [0.1, 0.15) is 6.92 Å². The molecule has 0 aliphatic rings. The molecule has 0 aliphatic heterocycles. The first-order valence-electron chi connectivity index (χ1n) is 4.98. The third-order valence-corrected chi connectivity index (χ3v) is 1.45. The van der Waals surface area contributed by atoms with E-state index in [1.54, 1.807) is 0 Å². The molecule has 0 rings (SSSR count). The average Bonchev–Trinajstić information content (AvgIpc) is 2.30. The van der Waals surface area contributed by atoms with Crippen LogP contribution in [0.3, 0.4) is 0 Å². The van der Waals surface area contributed by atoms with Gasteiger partial charge in [0.1, 0.15) is 13.2 Å². The van der Waals surface area contributed by atoms with Gasteiger partial charge in [-0.3, -0.25) is 0 Å². The molecule has 1 amide bonds. The standard InChI is InChI=1S/C10H17NO5/c1-3-9(12)15-6-5-11-10(13)16-8-7-14-4-2/h3H,1,4-8H2,2H3,(H,11,13). The van der Waals surface area contributed by atoms with Gasteiger partial charge < -0.3 is 19.5 Å². The van der Waals surface area contributed by atoms with Crippen LogP contribution in [0.4, 0.5) is 4.79 Å². The summed E-state index contributed by atoms with van der Waals surface area (Å²) >= 11 is 0. The largest absolute Gasteiger partial charge is 0.461 e. The van der Waals surface area contributed by atoms with E-state index in [0.717, 1.165) is 6.08 Å². The van der Waals surface area contributed by atoms with E-state index in [-0.39, 0.29) is 19.8 Å². The summed E-state index contributed by atoms with van der Waals surface area (Å²) in [6, 6.07) is 0. The molecule has 0 fully saturated rings. The molecule has 0 saturated heterocycles. The van der Waals surface area contributed by atoms with Crippen LogP contribution < -0.4 is 5.32 Å². The second-order valence-corrected chi connectivity index (χ2v) is 2.63. The van der Waals surface area contributed by atoms with Gasteiger partial charge in [-0.05, 0) is 6.92 Å². The molecule has 0 atom stereocenters. The zero-order chi connectivity index (χ0) is 12.2. The van der Waals surface area contributed by atoms with E-state index in [0.29, 0.717) is 13.2 Å². The predicted octanol–water partition coefficient (Wildman–Crippen LogP) is 0.478. The molecule has 6 nitrogen and oxygen atoms in total. The Kier molecular flexibility index (Phi) is 9.00. The molecule has 0 unspecified atom stereocenters. The SMILES string of the molecule is C=CC(=O)OCCNC(=O)OCCOCC. The van der Waals surface area contributed by atoms with Crippen molar-refractivity contribution in [3.05, 3.63) is 12.7 Å². The third-order valence-electron chi connectivity index (χ3n) is 1.45. The Morgan fingerprint density at radius 3 is 2.62 bits per heavy atom. The topological polar surface area (TPSA) is 73.9 Å². The first-order chi connectivity index (χ1) is 7.70. The minimum Gasteiger partial charge on any atom is -0.461 e.